The van der Waals surface area contributed by atoms with Crippen molar-refractivity contribution in [3.05, 3.63) is 75.6 Å². The number of aliphatic hydroxyl groups is 1. The van der Waals surface area contributed by atoms with Crippen molar-refractivity contribution >= 4 is 28.7 Å². The molecule has 0 fully saturated rings. The second kappa shape index (κ2) is 15.1. The van der Waals surface area contributed by atoms with Crippen molar-refractivity contribution < 1.29 is 19.1 Å². The van der Waals surface area contributed by atoms with Gasteiger partial charge in [0.25, 0.3) is 0 Å². The number of rotatable bonds is 16. The van der Waals surface area contributed by atoms with Gasteiger partial charge in [-0.2, -0.15) is 0 Å². The molecule has 1 N–H and O–H groups in total. The van der Waals surface area contributed by atoms with Gasteiger partial charge in [-0.15, -0.1) is 0 Å². The highest BCUT2D eigenvalue weighted by molar-refractivity contribution is 8.00. The number of methoxy groups -OCH3 is 1. The largest absolute Gasteiger partial charge is 0.463 e. The molecule has 0 amide bonds. The number of carbonyl (C=O) groups excluding carboxylic acids is 1. The SMILES string of the molecule is CCCCCCCCCc1ccc(C[C@@](O)(CCCC)Sc2ccc3c(=O)cc(C(=O)OC)oc3c2)cc1. The van der Waals surface area contributed by atoms with Crippen LogP contribution in [0.25, 0.3) is 11.0 Å². The van der Waals surface area contributed by atoms with E-state index in [0.29, 0.717) is 23.8 Å². The summed E-state index contributed by atoms with van der Waals surface area (Å²) in [4.78, 5) is 24.1. The Hall–Kier alpha value is -2.57. The van der Waals surface area contributed by atoms with Gasteiger partial charge in [0, 0.05) is 17.4 Å². The summed E-state index contributed by atoms with van der Waals surface area (Å²) in [5.41, 5.74) is 2.44. The van der Waals surface area contributed by atoms with Gasteiger partial charge in [-0.3, -0.25) is 4.79 Å². The van der Waals surface area contributed by atoms with Crippen LogP contribution in [0.5, 0.6) is 0 Å². The highest BCUT2D eigenvalue weighted by atomic mass is 32.2. The Bertz CT molecular complexity index is 1220. The molecule has 206 valence electrons. The fourth-order valence-corrected chi connectivity index (χ4v) is 5.90. The molecular formula is C32H42O5S. The summed E-state index contributed by atoms with van der Waals surface area (Å²) in [6.45, 7) is 4.36. The molecule has 0 radical (unpaired) electrons. The van der Waals surface area contributed by atoms with E-state index in [1.807, 2.05) is 6.07 Å². The van der Waals surface area contributed by atoms with E-state index in [4.69, 9.17) is 9.15 Å². The van der Waals surface area contributed by atoms with Crippen LogP contribution in [0.2, 0.25) is 0 Å². The summed E-state index contributed by atoms with van der Waals surface area (Å²) >= 11 is 1.37. The summed E-state index contributed by atoms with van der Waals surface area (Å²) < 4.78 is 10.4. The molecular weight excluding hydrogens is 496 g/mol. The normalized spacial score (nSPS) is 12.9. The maximum absolute atomic E-state index is 12.4. The quantitative estimate of drug-likeness (QED) is 0.0859. The van der Waals surface area contributed by atoms with Gasteiger partial charge in [0.2, 0.25) is 5.76 Å². The van der Waals surface area contributed by atoms with Crippen LogP contribution in [-0.2, 0) is 17.6 Å². The lowest BCUT2D eigenvalue weighted by molar-refractivity contribution is 0.0565. The smallest absolute Gasteiger partial charge is 0.374 e. The molecule has 2 aromatic carbocycles. The summed E-state index contributed by atoms with van der Waals surface area (Å²) in [5, 5.41) is 12.1. The highest BCUT2D eigenvalue weighted by Crippen LogP contribution is 2.38. The van der Waals surface area contributed by atoms with Crippen LogP contribution in [0.1, 0.15) is 99.7 Å². The summed E-state index contributed by atoms with van der Waals surface area (Å²) in [7, 11) is 1.24. The van der Waals surface area contributed by atoms with Gasteiger partial charge in [-0.25, -0.2) is 4.79 Å². The molecule has 0 aliphatic carbocycles. The predicted octanol–water partition coefficient (Wildman–Crippen LogP) is 8.09. The first-order chi connectivity index (χ1) is 18.4. The standard InChI is InChI=1S/C32H42O5S/c1-4-6-8-9-10-11-12-13-24-14-16-25(17-15-24)23-32(35,20-7-5-2)38-26-18-19-27-28(33)22-30(31(34)36-3)37-29(27)21-26/h14-19,21-22,35H,4-13,20,23H2,1-3H3/t32-/m1/s1. The van der Waals surface area contributed by atoms with Crippen molar-refractivity contribution in [1.29, 1.82) is 0 Å². The van der Waals surface area contributed by atoms with Crippen molar-refractivity contribution in [2.75, 3.05) is 7.11 Å². The molecule has 0 saturated carbocycles. The Kier molecular flexibility index (Phi) is 11.9. The zero-order valence-corrected chi connectivity index (χ0v) is 23.9. The Morgan fingerprint density at radius 1 is 0.895 bits per heavy atom. The second-order valence-corrected chi connectivity index (χ2v) is 11.6. The van der Waals surface area contributed by atoms with Crippen molar-refractivity contribution in [2.45, 2.75) is 101 Å². The number of benzene rings is 2. The van der Waals surface area contributed by atoms with Gasteiger partial charge in [-0.05, 0) is 55.0 Å². The van der Waals surface area contributed by atoms with Gasteiger partial charge >= 0.3 is 5.97 Å². The number of thioether (sulfide) groups is 1. The molecule has 0 spiro atoms. The molecule has 3 rings (SSSR count). The fourth-order valence-electron chi connectivity index (χ4n) is 4.68. The van der Waals surface area contributed by atoms with Gasteiger partial charge in [-0.1, -0.05) is 94.8 Å². The minimum Gasteiger partial charge on any atom is -0.463 e. The Morgan fingerprint density at radius 3 is 2.24 bits per heavy atom. The third-order valence-corrected chi connectivity index (χ3v) is 8.11. The third-order valence-electron chi connectivity index (χ3n) is 6.89. The Morgan fingerprint density at radius 2 is 1.55 bits per heavy atom. The molecule has 0 aliphatic heterocycles. The average molecular weight is 539 g/mol. The van der Waals surface area contributed by atoms with Crippen LogP contribution >= 0.6 is 11.8 Å². The third kappa shape index (κ3) is 9.02. The number of hydrogen-bond acceptors (Lipinski definition) is 6. The van der Waals surface area contributed by atoms with Crippen LogP contribution in [0.4, 0.5) is 0 Å². The molecule has 38 heavy (non-hydrogen) atoms. The summed E-state index contributed by atoms with van der Waals surface area (Å²) in [6.07, 6.45) is 13.3. The van der Waals surface area contributed by atoms with Crippen LogP contribution in [0.3, 0.4) is 0 Å². The van der Waals surface area contributed by atoms with E-state index in [9.17, 15) is 14.7 Å². The maximum atomic E-state index is 12.4. The highest BCUT2D eigenvalue weighted by Gasteiger charge is 2.28. The average Bonchev–Trinajstić information content (AvgIpc) is 2.91. The number of hydrogen-bond donors (Lipinski definition) is 1. The fraction of sp³-hybridized carbons (Fsp3) is 0.500. The molecule has 0 bridgehead atoms. The number of unbranched alkanes of at least 4 members (excludes halogenated alkanes) is 7. The van der Waals surface area contributed by atoms with Gasteiger partial charge in [0.1, 0.15) is 10.5 Å². The zero-order chi connectivity index (χ0) is 27.4. The van der Waals surface area contributed by atoms with Crippen molar-refractivity contribution in [3.8, 4) is 0 Å². The molecule has 3 aromatic rings. The Labute approximate surface area is 231 Å². The van der Waals surface area contributed by atoms with E-state index in [2.05, 4.69) is 38.1 Å². The first kappa shape index (κ1) is 30.0. The summed E-state index contributed by atoms with van der Waals surface area (Å²) in [6, 6.07) is 15.0. The van der Waals surface area contributed by atoms with Crippen molar-refractivity contribution in [2.24, 2.45) is 0 Å². The molecule has 6 heteroatoms. The predicted molar refractivity (Wildman–Crippen MR) is 156 cm³/mol. The molecule has 0 aliphatic rings. The van der Waals surface area contributed by atoms with E-state index in [0.717, 1.165) is 35.8 Å². The van der Waals surface area contributed by atoms with Gasteiger partial charge < -0.3 is 14.3 Å². The summed E-state index contributed by atoms with van der Waals surface area (Å²) in [5.74, 6) is -0.832. The number of ether oxygens (including phenoxy) is 1. The second-order valence-electron chi connectivity index (χ2n) is 10.1. The molecule has 0 saturated heterocycles. The number of fused-ring (bicyclic) bond motifs is 1. The lowest BCUT2D eigenvalue weighted by atomic mass is 9.99. The molecule has 0 unspecified atom stereocenters. The van der Waals surface area contributed by atoms with Crippen LogP contribution < -0.4 is 5.43 Å². The molecule has 1 heterocycles. The number of esters is 1. The van der Waals surface area contributed by atoms with Gasteiger partial charge in [0.05, 0.1) is 12.5 Å². The zero-order valence-electron chi connectivity index (χ0n) is 23.1. The molecule has 1 aromatic heterocycles. The lowest BCUT2D eigenvalue weighted by Crippen LogP contribution is -2.27. The lowest BCUT2D eigenvalue weighted by Gasteiger charge is -2.28. The van der Waals surface area contributed by atoms with E-state index in [1.165, 1.54) is 69.4 Å². The topological polar surface area (TPSA) is 76.7 Å². The van der Waals surface area contributed by atoms with Crippen LogP contribution in [0, 0.1) is 0 Å². The van der Waals surface area contributed by atoms with E-state index >= 15 is 0 Å². The van der Waals surface area contributed by atoms with Gasteiger partial charge in [0.15, 0.2) is 5.43 Å². The minimum absolute atomic E-state index is 0.134. The number of carbonyl (C=O) groups is 1. The van der Waals surface area contributed by atoms with E-state index < -0.39 is 10.9 Å². The Balaban J connectivity index is 1.68. The monoisotopic (exact) mass is 538 g/mol. The van der Waals surface area contributed by atoms with E-state index in [1.54, 1.807) is 12.1 Å². The van der Waals surface area contributed by atoms with E-state index in [-0.39, 0.29) is 11.2 Å². The maximum Gasteiger partial charge on any atom is 0.374 e. The van der Waals surface area contributed by atoms with Crippen LogP contribution in [0.15, 0.2) is 62.6 Å². The first-order valence-electron chi connectivity index (χ1n) is 14.0. The molecule has 5 nitrogen and oxygen atoms in total. The minimum atomic E-state index is -1.01. The molecule has 1 atom stereocenters. The van der Waals surface area contributed by atoms with Crippen LogP contribution in [-0.4, -0.2) is 23.1 Å². The van der Waals surface area contributed by atoms with Crippen molar-refractivity contribution in [3.63, 3.8) is 0 Å². The first-order valence-corrected chi connectivity index (χ1v) is 14.8. The van der Waals surface area contributed by atoms with Crippen molar-refractivity contribution in [1.82, 2.24) is 0 Å². The number of aryl methyl sites for hydroxylation is 1.